The summed E-state index contributed by atoms with van der Waals surface area (Å²) >= 11 is 0. The molecule has 182 valence electrons. The van der Waals surface area contributed by atoms with E-state index in [4.69, 9.17) is 9.47 Å². The summed E-state index contributed by atoms with van der Waals surface area (Å²) in [7, 11) is 2.06. The van der Waals surface area contributed by atoms with Crippen molar-refractivity contribution in [1.29, 1.82) is 0 Å². The average molecular weight is 454 g/mol. The summed E-state index contributed by atoms with van der Waals surface area (Å²) in [6, 6.07) is 8.80. The van der Waals surface area contributed by atoms with Crippen LogP contribution >= 0.6 is 0 Å². The fourth-order valence-corrected chi connectivity index (χ4v) is 8.70. The number of benzene rings is 1. The molecule has 4 heteroatoms. The zero-order valence-electron chi connectivity index (χ0n) is 21.1. The van der Waals surface area contributed by atoms with Crippen LogP contribution in [-0.2, 0) is 16.1 Å². The van der Waals surface area contributed by atoms with Crippen molar-refractivity contribution in [2.45, 2.75) is 84.8 Å². The number of carbonyl (C=O) groups is 1. The average Bonchev–Trinajstić information content (AvgIpc) is 3.14. The van der Waals surface area contributed by atoms with Crippen LogP contribution in [0, 0.1) is 34.5 Å². The van der Waals surface area contributed by atoms with Crippen molar-refractivity contribution in [3.63, 3.8) is 0 Å². The van der Waals surface area contributed by atoms with Crippen molar-refractivity contribution in [2.75, 3.05) is 20.3 Å². The van der Waals surface area contributed by atoms with Gasteiger partial charge in [-0.2, -0.15) is 0 Å². The second-order valence-electron chi connectivity index (χ2n) is 11.9. The summed E-state index contributed by atoms with van der Waals surface area (Å²) in [5, 5.41) is 0. The maximum atomic E-state index is 12.4. The van der Waals surface area contributed by atoms with E-state index < -0.39 is 0 Å². The summed E-state index contributed by atoms with van der Waals surface area (Å²) in [4.78, 5) is 14.5. The first-order valence-electron chi connectivity index (χ1n) is 13.4. The first kappa shape index (κ1) is 23.2. The van der Waals surface area contributed by atoms with Gasteiger partial charge < -0.3 is 14.4 Å². The number of rotatable bonds is 6. The van der Waals surface area contributed by atoms with Crippen LogP contribution in [0.5, 0.6) is 5.75 Å². The maximum Gasteiger partial charge on any atom is 0.222 e. The molecule has 2 unspecified atom stereocenters. The second kappa shape index (κ2) is 8.91. The highest BCUT2D eigenvalue weighted by atomic mass is 16.5. The van der Waals surface area contributed by atoms with Gasteiger partial charge in [-0.25, -0.2) is 0 Å². The standard InChI is InChI=1S/C29H43NO3/c1-5-33-22-9-6-20(7-10-22)18-32-19-21-8-12-24-23-11-13-26-29(3,17-15-27(31)30(26)4)25(23)14-16-28(21,24)2/h6-7,9-10,21,23-26H,5,8,11-19H2,1-4H3/t21?,23-,24-,25+,26?,28+,29+/m0/s1. The lowest BCUT2D eigenvalue weighted by molar-refractivity contribution is -0.159. The highest BCUT2D eigenvalue weighted by Crippen LogP contribution is 2.66. The van der Waals surface area contributed by atoms with Gasteiger partial charge in [0.1, 0.15) is 5.75 Å². The largest absolute Gasteiger partial charge is 0.494 e. The summed E-state index contributed by atoms with van der Waals surface area (Å²) in [6.45, 7) is 9.39. The second-order valence-corrected chi connectivity index (χ2v) is 11.9. The molecule has 3 saturated carbocycles. The zero-order valence-corrected chi connectivity index (χ0v) is 21.1. The van der Waals surface area contributed by atoms with Crippen LogP contribution in [-0.4, -0.2) is 37.1 Å². The Labute approximate surface area is 200 Å². The molecule has 0 bridgehead atoms. The number of amides is 1. The van der Waals surface area contributed by atoms with Crippen LogP contribution in [0.3, 0.4) is 0 Å². The Morgan fingerprint density at radius 1 is 0.970 bits per heavy atom. The molecule has 1 aromatic carbocycles. The van der Waals surface area contributed by atoms with Crippen LogP contribution in [0.1, 0.15) is 77.7 Å². The Balaban J connectivity index is 1.22. The summed E-state index contributed by atoms with van der Waals surface area (Å²) in [6.07, 6.45) is 9.69. The molecule has 1 heterocycles. The third-order valence-electron chi connectivity index (χ3n) is 10.6. The Bertz CT molecular complexity index is 853. The molecule has 1 amide bonds. The summed E-state index contributed by atoms with van der Waals surface area (Å²) in [5.41, 5.74) is 1.96. The predicted molar refractivity (Wildman–Crippen MR) is 131 cm³/mol. The molecule has 33 heavy (non-hydrogen) atoms. The van der Waals surface area contributed by atoms with Gasteiger partial charge in [-0.3, -0.25) is 4.79 Å². The lowest BCUT2D eigenvalue weighted by Crippen LogP contribution is -2.61. The molecule has 4 aliphatic rings. The molecule has 0 radical (unpaired) electrons. The molecule has 1 aliphatic heterocycles. The van der Waals surface area contributed by atoms with Crippen LogP contribution in [0.2, 0.25) is 0 Å². The van der Waals surface area contributed by atoms with Gasteiger partial charge in [0.15, 0.2) is 0 Å². The van der Waals surface area contributed by atoms with E-state index in [-0.39, 0.29) is 0 Å². The number of carbonyl (C=O) groups excluding carboxylic acids is 1. The van der Waals surface area contributed by atoms with E-state index in [1.165, 1.54) is 44.1 Å². The minimum Gasteiger partial charge on any atom is -0.494 e. The number of hydrogen-bond acceptors (Lipinski definition) is 3. The van der Waals surface area contributed by atoms with Gasteiger partial charge in [0.25, 0.3) is 0 Å². The van der Waals surface area contributed by atoms with E-state index in [0.717, 1.165) is 43.0 Å². The predicted octanol–water partition coefficient (Wildman–Crippen LogP) is 6.08. The lowest BCUT2D eigenvalue weighted by Gasteiger charge is -2.61. The van der Waals surface area contributed by atoms with Crippen molar-refractivity contribution in [3.05, 3.63) is 29.8 Å². The maximum absolute atomic E-state index is 12.4. The van der Waals surface area contributed by atoms with E-state index in [1.54, 1.807) is 0 Å². The van der Waals surface area contributed by atoms with Crippen molar-refractivity contribution < 1.29 is 14.3 Å². The van der Waals surface area contributed by atoms with E-state index in [2.05, 4.69) is 37.9 Å². The van der Waals surface area contributed by atoms with Crippen LogP contribution in [0.4, 0.5) is 0 Å². The monoisotopic (exact) mass is 453 g/mol. The van der Waals surface area contributed by atoms with E-state index >= 15 is 0 Å². The molecular weight excluding hydrogens is 410 g/mol. The Morgan fingerprint density at radius 2 is 1.73 bits per heavy atom. The highest BCUT2D eigenvalue weighted by molar-refractivity contribution is 5.77. The quantitative estimate of drug-likeness (QED) is 0.524. The van der Waals surface area contributed by atoms with Gasteiger partial charge in [0.2, 0.25) is 5.91 Å². The number of ether oxygens (including phenoxy) is 2. The molecular formula is C29H43NO3. The SMILES string of the molecule is CCOc1ccc(COCC2CC[C@H]3[C@@H]4CCC5N(C)C(=O)CC[C@]5(C)[C@@H]4CC[C@]23C)cc1. The molecule has 3 aliphatic carbocycles. The summed E-state index contributed by atoms with van der Waals surface area (Å²) < 4.78 is 11.9. The van der Waals surface area contributed by atoms with Crippen molar-refractivity contribution >= 4 is 5.91 Å². The third-order valence-corrected chi connectivity index (χ3v) is 10.6. The Hall–Kier alpha value is -1.55. The Kier molecular flexibility index (Phi) is 6.26. The van der Waals surface area contributed by atoms with Crippen LogP contribution in [0.25, 0.3) is 0 Å². The molecule has 0 aromatic heterocycles. The molecule has 5 rings (SSSR count). The van der Waals surface area contributed by atoms with Gasteiger partial charge in [0.05, 0.1) is 19.8 Å². The normalized spacial score (nSPS) is 40.2. The Morgan fingerprint density at radius 3 is 2.48 bits per heavy atom. The number of nitrogens with zero attached hydrogens (tertiary/aromatic N) is 1. The molecule has 0 spiro atoms. The molecule has 4 fully saturated rings. The van der Waals surface area contributed by atoms with Crippen molar-refractivity contribution in [2.24, 2.45) is 34.5 Å². The van der Waals surface area contributed by atoms with E-state index in [9.17, 15) is 4.79 Å². The summed E-state index contributed by atoms with van der Waals surface area (Å²) in [5.74, 6) is 4.42. The highest BCUT2D eigenvalue weighted by Gasteiger charge is 2.61. The number of likely N-dealkylation sites (tertiary alicyclic amines) is 1. The third kappa shape index (κ3) is 3.90. The topological polar surface area (TPSA) is 38.8 Å². The number of piperidine rings is 1. The smallest absolute Gasteiger partial charge is 0.222 e. The molecule has 7 atom stereocenters. The lowest BCUT2D eigenvalue weighted by atomic mass is 9.47. The van der Waals surface area contributed by atoms with Gasteiger partial charge in [-0.1, -0.05) is 26.0 Å². The van der Waals surface area contributed by atoms with E-state index in [0.29, 0.717) is 41.9 Å². The molecule has 0 N–H and O–H groups in total. The van der Waals surface area contributed by atoms with Crippen molar-refractivity contribution in [1.82, 2.24) is 4.90 Å². The fourth-order valence-electron chi connectivity index (χ4n) is 8.70. The molecule has 1 aromatic rings. The van der Waals surface area contributed by atoms with E-state index in [1.807, 2.05) is 19.1 Å². The molecule has 4 nitrogen and oxygen atoms in total. The van der Waals surface area contributed by atoms with Crippen LogP contribution < -0.4 is 4.74 Å². The van der Waals surface area contributed by atoms with Gasteiger partial charge in [0, 0.05) is 19.5 Å². The van der Waals surface area contributed by atoms with Gasteiger partial charge >= 0.3 is 0 Å². The first-order valence-corrected chi connectivity index (χ1v) is 13.4. The van der Waals surface area contributed by atoms with Gasteiger partial charge in [-0.15, -0.1) is 0 Å². The van der Waals surface area contributed by atoms with Gasteiger partial charge in [-0.05, 0) is 104 Å². The molecule has 1 saturated heterocycles. The first-order chi connectivity index (χ1) is 15.9. The van der Waals surface area contributed by atoms with Crippen LogP contribution in [0.15, 0.2) is 24.3 Å². The number of fused-ring (bicyclic) bond motifs is 5. The van der Waals surface area contributed by atoms with Crippen molar-refractivity contribution in [3.8, 4) is 5.75 Å². The zero-order chi connectivity index (χ0) is 23.2. The minimum atomic E-state index is 0.315. The number of hydrogen-bond donors (Lipinski definition) is 0. The fraction of sp³-hybridized carbons (Fsp3) is 0.759. The minimum absolute atomic E-state index is 0.315.